The number of hydrogen-bond donors (Lipinski definition) is 0. The van der Waals surface area contributed by atoms with E-state index in [0.717, 1.165) is 37.2 Å². The molecule has 0 aromatic heterocycles. The molecule has 1 aromatic carbocycles. The van der Waals surface area contributed by atoms with Crippen LogP contribution in [-0.4, -0.2) is 25.7 Å². The topological polar surface area (TPSA) is 29.5 Å². The van der Waals surface area contributed by atoms with Crippen molar-refractivity contribution in [3.8, 4) is 0 Å². The Morgan fingerprint density at radius 2 is 0.947 bits per heavy atom. The van der Waals surface area contributed by atoms with E-state index < -0.39 is 0 Å². The quantitative estimate of drug-likeness (QED) is 0.0838. The van der Waals surface area contributed by atoms with Gasteiger partial charge < -0.3 is 9.64 Å². The van der Waals surface area contributed by atoms with Crippen LogP contribution in [0.15, 0.2) is 24.3 Å². The number of ether oxygens (including phenoxy) is 1. The number of esters is 1. The summed E-state index contributed by atoms with van der Waals surface area (Å²) in [7, 11) is 0. The highest BCUT2D eigenvalue weighted by atomic mass is 16.5. The van der Waals surface area contributed by atoms with Crippen LogP contribution in [0.2, 0.25) is 0 Å². The van der Waals surface area contributed by atoms with E-state index in [0.29, 0.717) is 6.61 Å². The van der Waals surface area contributed by atoms with Gasteiger partial charge in [0.2, 0.25) is 0 Å². The van der Waals surface area contributed by atoms with E-state index in [1.54, 1.807) is 0 Å². The number of carbonyl (C=O) groups is 1. The van der Waals surface area contributed by atoms with Crippen LogP contribution in [-0.2, 0) is 4.74 Å². The standard InChI is InChI=1S/C35H63NO2/c1-4-7-10-13-16-17-18-19-22-27-32-38-35(37)33-28-23-24-29-34(33)36(30-25-20-14-11-8-5-2)31-26-21-15-12-9-6-3/h23-24,28-29H,4-22,25-27,30-32H2,1-3H3. The molecule has 0 unspecified atom stereocenters. The summed E-state index contributed by atoms with van der Waals surface area (Å²) in [5, 5.41) is 0. The van der Waals surface area contributed by atoms with Gasteiger partial charge in [-0.15, -0.1) is 0 Å². The van der Waals surface area contributed by atoms with Gasteiger partial charge in [0, 0.05) is 13.1 Å². The minimum atomic E-state index is -0.146. The first-order valence-corrected chi connectivity index (χ1v) is 16.8. The SMILES string of the molecule is CCCCCCCCCCCCOC(=O)c1ccccc1N(CCCCCCCC)CCCCCCCC. The van der Waals surface area contributed by atoms with Gasteiger partial charge in [0.25, 0.3) is 0 Å². The molecule has 0 heterocycles. The Morgan fingerprint density at radius 1 is 0.553 bits per heavy atom. The van der Waals surface area contributed by atoms with Crippen molar-refractivity contribution in [2.24, 2.45) is 0 Å². The molecular weight excluding hydrogens is 466 g/mol. The monoisotopic (exact) mass is 529 g/mol. The molecule has 1 aromatic rings. The Labute approximate surface area is 237 Å². The van der Waals surface area contributed by atoms with E-state index in [4.69, 9.17) is 4.74 Å². The molecule has 0 aliphatic rings. The Bertz CT molecular complexity index is 643. The number of anilines is 1. The molecule has 0 N–H and O–H groups in total. The molecule has 0 amide bonds. The second-order valence-corrected chi connectivity index (χ2v) is 11.4. The van der Waals surface area contributed by atoms with Gasteiger partial charge >= 0.3 is 5.97 Å². The second kappa shape index (κ2) is 25.8. The van der Waals surface area contributed by atoms with Crippen molar-refractivity contribution in [2.45, 2.75) is 162 Å². The molecule has 0 saturated heterocycles. The Morgan fingerprint density at radius 3 is 1.42 bits per heavy atom. The zero-order valence-corrected chi connectivity index (χ0v) is 25.8. The molecule has 220 valence electrons. The highest BCUT2D eigenvalue weighted by Crippen LogP contribution is 2.24. The maximum atomic E-state index is 13.1. The van der Waals surface area contributed by atoms with Gasteiger partial charge in [-0.2, -0.15) is 0 Å². The minimum Gasteiger partial charge on any atom is -0.462 e. The van der Waals surface area contributed by atoms with Crippen molar-refractivity contribution in [2.75, 3.05) is 24.6 Å². The lowest BCUT2D eigenvalue weighted by atomic mass is 10.1. The molecule has 3 heteroatoms. The van der Waals surface area contributed by atoms with Crippen LogP contribution < -0.4 is 4.90 Å². The highest BCUT2D eigenvalue weighted by molar-refractivity contribution is 5.95. The van der Waals surface area contributed by atoms with E-state index in [2.05, 4.69) is 37.8 Å². The maximum Gasteiger partial charge on any atom is 0.340 e. The minimum absolute atomic E-state index is 0.146. The van der Waals surface area contributed by atoms with Gasteiger partial charge in [-0.1, -0.05) is 155 Å². The average Bonchev–Trinajstić information content (AvgIpc) is 2.94. The summed E-state index contributed by atoms with van der Waals surface area (Å²) in [6.45, 7) is 9.42. The molecule has 38 heavy (non-hydrogen) atoms. The smallest absolute Gasteiger partial charge is 0.340 e. The van der Waals surface area contributed by atoms with Crippen LogP contribution in [0, 0.1) is 0 Å². The third kappa shape index (κ3) is 17.9. The van der Waals surface area contributed by atoms with Crippen LogP contribution in [0.5, 0.6) is 0 Å². The normalized spacial score (nSPS) is 11.1. The fourth-order valence-electron chi connectivity index (χ4n) is 5.27. The summed E-state index contributed by atoms with van der Waals surface area (Å²) >= 11 is 0. The number of unbranched alkanes of at least 4 members (excludes halogenated alkanes) is 19. The molecule has 1 rings (SSSR count). The molecule has 0 fully saturated rings. The summed E-state index contributed by atoms with van der Waals surface area (Å²) in [4.78, 5) is 15.5. The molecule has 0 saturated carbocycles. The van der Waals surface area contributed by atoms with Crippen molar-refractivity contribution in [3.63, 3.8) is 0 Å². The fraction of sp³-hybridized carbons (Fsp3) is 0.800. The number of rotatable bonds is 27. The molecule has 0 aliphatic heterocycles. The van der Waals surface area contributed by atoms with Gasteiger partial charge in [-0.25, -0.2) is 4.79 Å². The Kier molecular flexibility index (Phi) is 23.4. The van der Waals surface area contributed by atoms with Gasteiger partial charge in [0.05, 0.1) is 17.9 Å². The number of benzene rings is 1. The van der Waals surface area contributed by atoms with E-state index in [9.17, 15) is 4.79 Å². The van der Waals surface area contributed by atoms with Gasteiger partial charge in [-0.3, -0.25) is 0 Å². The summed E-state index contributed by atoms with van der Waals surface area (Å²) in [5.41, 5.74) is 1.82. The van der Waals surface area contributed by atoms with Crippen molar-refractivity contribution >= 4 is 11.7 Å². The fourth-order valence-corrected chi connectivity index (χ4v) is 5.27. The van der Waals surface area contributed by atoms with Crippen molar-refractivity contribution in [1.82, 2.24) is 0 Å². The van der Waals surface area contributed by atoms with E-state index >= 15 is 0 Å². The average molecular weight is 530 g/mol. The zero-order chi connectivity index (χ0) is 27.5. The van der Waals surface area contributed by atoms with Crippen LogP contribution in [0.3, 0.4) is 0 Å². The molecule has 0 radical (unpaired) electrons. The molecule has 0 spiro atoms. The first-order valence-electron chi connectivity index (χ1n) is 16.8. The van der Waals surface area contributed by atoms with Crippen LogP contribution in [0.25, 0.3) is 0 Å². The molecule has 0 aliphatic carbocycles. The predicted octanol–water partition coefficient (Wildman–Crippen LogP) is 11.3. The van der Waals surface area contributed by atoms with E-state index in [1.165, 1.54) is 128 Å². The third-order valence-corrected chi connectivity index (χ3v) is 7.76. The lowest BCUT2D eigenvalue weighted by Gasteiger charge is -2.27. The largest absolute Gasteiger partial charge is 0.462 e. The summed E-state index contributed by atoms with van der Waals surface area (Å²) in [5.74, 6) is -0.146. The first kappa shape index (κ1) is 34.5. The van der Waals surface area contributed by atoms with Crippen LogP contribution in [0.4, 0.5) is 5.69 Å². The van der Waals surface area contributed by atoms with Crippen molar-refractivity contribution < 1.29 is 9.53 Å². The number of para-hydroxylation sites is 1. The van der Waals surface area contributed by atoms with Crippen LogP contribution in [0.1, 0.15) is 172 Å². The third-order valence-electron chi connectivity index (χ3n) is 7.76. The predicted molar refractivity (Wildman–Crippen MR) is 168 cm³/mol. The van der Waals surface area contributed by atoms with Gasteiger partial charge in [-0.05, 0) is 31.4 Å². The molecular formula is C35H63NO2. The van der Waals surface area contributed by atoms with Crippen molar-refractivity contribution in [3.05, 3.63) is 29.8 Å². The Balaban J connectivity index is 2.50. The summed E-state index contributed by atoms with van der Waals surface area (Å²) < 4.78 is 5.77. The van der Waals surface area contributed by atoms with E-state index in [1.807, 2.05) is 12.1 Å². The number of carbonyl (C=O) groups excluding carboxylic acids is 1. The van der Waals surface area contributed by atoms with E-state index in [-0.39, 0.29) is 5.97 Å². The molecule has 3 nitrogen and oxygen atoms in total. The van der Waals surface area contributed by atoms with Crippen molar-refractivity contribution in [1.29, 1.82) is 0 Å². The van der Waals surface area contributed by atoms with Crippen LogP contribution >= 0.6 is 0 Å². The lowest BCUT2D eigenvalue weighted by molar-refractivity contribution is 0.0498. The zero-order valence-electron chi connectivity index (χ0n) is 25.8. The molecule has 0 atom stereocenters. The summed E-state index contributed by atoms with van der Waals surface area (Å²) in [6.07, 6.45) is 28.4. The van der Waals surface area contributed by atoms with Gasteiger partial charge in [0.15, 0.2) is 0 Å². The highest BCUT2D eigenvalue weighted by Gasteiger charge is 2.17. The summed E-state index contributed by atoms with van der Waals surface area (Å²) in [6, 6.07) is 8.15. The number of hydrogen-bond acceptors (Lipinski definition) is 3. The lowest BCUT2D eigenvalue weighted by Crippen LogP contribution is -2.28. The number of nitrogens with zero attached hydrogens (tertiary/aromatic N) is 1. The van der Waals surface area contributed by atoms with Gasteiger partial charge in [0.1, 0.15) is 0 Å². The Hall–Kier alpha value is -1.51. The first-order chi connectivity index (χ1) is 18.7. The maximum absolute atomic E-state index is 13.1. The molecule has 0 bridgehead atoms. The second-order valence-electron chi connectivity index (χ2n) is 11.4.